The zero-order valence-electron chi connectivity index (χ0n) is 15.6. The Hall–Kier alpha value is -2.93. The highest BCUT2D eigenvalue weighted by Crippen LogP contribution is 2.09. The molecule has 0 atom stereocenters. The van der Waals surface area contributed by atoms with Crippen LogP contribution >= 0.6 is 0 Å². The lowest BCUT2D eigenvalue weighted by atomic mass is 10.1. The molecule has 1 saturated heterocycles. The van der Waals surface area contributed by atoms with Gasteiger partial charge >= 0.3 is 0 Å². The average Bonchev–Trinajstić information content (AvgIpc) is 3.05. The zero-order valence-corrected chi connectivity index (χ0v) is 15.6. The lowest BCUT2D eigenvalue weighted by molar-refractivity contribution is -0.127. The fourth-order valence-corrected chi connectivity index (χ4v) is 2.98. The number of rotatable bonds is 5. The first-order valence-electron chi connectivity index (χ1n) is 8.99. The Labute approximate surface area is 158 Å². The Bertz CT molecular complexity index is 835. The molecule has 1 aromatic carbocycles. The normalized spacial score (nSPS) is 15.3. The first kappa shape index (κ1) is 18.8. The van der Waals surface area contributed by atoms with Crippen LogP contribution in [0.4, 0.5) is 5.82 Å². The number of aromatic nitrogens is 1. The van der Waals surface area contributed by atoms with E-state index in [-0.39, 0.29) is 18.4 Å². The minimum Gasteiger partial charge on any atom is -0.360 e. The van der Waals surface area contributed by atoms with E-state index < -0.39 is 0 Å². The molecule has 0 spiro atoms. The van der Waals surface area contributed by atoms with E-state index in [1.165, 1.54) is 0 Å². The minimum absolute atomic E-state index is 0.00122. The van der Waals surface area contributed by atoms with Crippen molar-refractivity contribution in [1.82, 2.24) is 15.0 Å². The maximum atomic E-state index is 12.4. The summed E-state index contributed by atoms with van der Waals surface area (Å²) < 4.78 is 4.93. The number of hydrogen-bond acceptors (Lipinski definition) is 5. The first-order valence-corrected chi connectivity index (χ1v) is 8.99. The maximum absolute atomic E-state index is 12.4. The van der Waals surface area contributed by atoms with E-state index in [2.05, 4.69) is 10.5 Å². The molecule has 1 aliphatic rings. The van der Waals surface area contributed by atoms with Gasteiger partial charge in [-0.05, 0) is 25.5 Å². The van der Waals surface area contributed by atoms with Crippen LogP contribution in [0, 0.1) is 13.8 Å². The lowest BCUT2D eigenvalue weighted by Gasteiger charge is -2.33. The van der Waals surface area contributed by atoms with Gasteiger partial charge in [-0.3, -0.25) is 14.5 Å². The third-order valence-electron chi connectivity index (χ3n) is 4.41. The van der Waals surface area contributed by atoms with Gasteiger partial charge in [0.05, 0.1) is 6.54 Å². The number of benzene rings is 1. The van der Waals surface area contributed by atoms with Crippen LogP contribution in [-0.4, -0.2) is 59.5 Å². The molecule has 7 heteroatoms. The van der Waals surface area contributed by atoms with Crippen LogP contribution in [0.2, 0.25) is 0 Å². The number of anilines is 1. The zero-order chi connectivity index (χ0) is 19.2. The average molecular weight is 368 g/mol. The minimum atomic E-state index is -0.137. The van der Waals surface area contributed by atoms with Crippen molar-refractivity contribution < 1.29 is 14.1 Å². The van der Waals surface area contributed by atoms with Gasteiger partial charge in [-0.1, -0.05) is 35.0 Å². The van der Waals surface area contributed by atoms with E-state index >= 15 is 0 Å². The predicted molar refractivity (Wildman–Crippen MR) is 103 cm³/mol. The van der Waals surface area contributed by atoms with Crippen LogP contribution in [0.5, 0.6) is 0 Å². The van der Waals surface area contributed by atoms with Gasteiger partial charge in [0.15, 0.2) is 5.82 Å². The van der Waals surface area contributed by atoms with Crippen molar-refractivity contribution in [2.45, 2.75) is 13.8 Å². The van der Waals surface area contributed by atoms with Gasteiger partial charge in [0.25, 0.3) is 0 Å². The molecule has 27 heavy (non-hydrogen) atoms. The highest BCUT2D eigenvalue weighted by Gasteiger charge is 2.21. The highest BCUT2D eigenvalue weighted by molar-refractivity contribution is 5.92. The summed E-state index contributed by atoms with van der Waals surface area (Å²) in [6.07, 6.45) is 3.46. The Kier molecular flexibility index (Phi) is 6.03. The van der Waals surface area contributed by atoms with E-state index in [9.17, 15) is 9.59 Å². The molecule has 0 aliphatic carbocycles. The SMILES string of the molecule is Cc1cccc(/C=C/C(=O)N2CCN(CC(=O)Nc3cc(C)on3)CC2)c1. The van der Waals surface area contributed by atoms with Crippen molar-refractivity contribution in [2.75, 3.05) is 38.0 Å². The van der Waals surface area contributed by atoms with Crippen molar-refractivity contribution >= 4 is 23.7 Å². The Morgan fingerprint density at radius 1 is 1.19 bits per heavy atom. The highest BCUT2D eigenvalue weighted by atomic mass is 16.5. The molecule has 0 radical (unpaired) electrons. The number of piperazine rings is 1. The van der Waals surface area contributed by atoms with E-state index in [1.54, 1.807) is 19.1 Å². The number of nitrogens with one attached hydrogen (secondary N) is 1. The van der Waals surface area contributed by atoms with E-state index in [4.69, 9.17) is 4.52 Å². The molecular formula is C20H24N4O3. The first-order chi connectivity index (χ1) is 13.0. The summed E-state index contributed by atoms with van der Waals surface area (Å²) >= 11 is 0. The third-order valence-corrected chi connectivity index (χ3v) is 4.41. The van der Waals surface area contributed by atoms with Gasteiger partial charge in [0, 0.05) is 38.3 Å². The molecule has 2 heterocycles. The molecule has 0 unspecified atom stereocenters. The van der Waals surface area contributed by atoms with Gasteiger partial charge < -0.3 is 14.7 Å². The fraction of sp³-hybridized carbons (Fsp3) is 0.350. The molecule has 3 rings (SSSR count). The van der Waals surface area contributed by atoms with Crippen molar-refractivity contribution in [3.05, 3.63) is 53.3 Å². The Morgan fingerprint density at radius 3 is 2.63 bits per heavy atom. The molecule has 1 N–H and O–H groups in total. The lowest BCUT2D eigenvalue weighted by Crippen LogP contribution is -2.50. The maximum Gasteiger partial charge on any atom is 0.246 e. The molecule has 1 fully saturated rings. The van der Waals surface area contributed by atoms with Crippen LogP contribution in [0.1, 0.15) is 16.9 Å². The Morgan fingerprint density at radius 2 is 1.96 bits per heavy atom. The number of hydrogen-bond donors (Lipinski definition) is 1. The summed E-state index contributed by atoms with van der Waals surface area (Å²) in [5.74, 6) is 0.935. The van der Waals surface area contributed by atoms with Crippen molar-refractivity contribution in [3.63, 3.8) is 0 Å². The molecule has 0 bridgehead atoms. The van der Waals surface area contributed by atoms with Gasteiger partial charge in [-0.25, -0.2) is 0 Å². The fourth-order valence-electron chi connectivity index (χ4n) is 2.98. The van der Waals surface area contributed by atoms with Gasteiger partial charge in [-0.2, -0.15) is 0 Å². The van der Waals surface area contributed by atoms with Crippen molar-refractivity contribution in [2.24, 2.45) is 0 Å². The number of carbonyl (C=O) groups excluding carboxylic acids is 2. The van der Waals surface area contributed by atoms with E-state index in [0.29, 0.717) is 37.8 Å². The quantitative estimate of drug-likeness (QED) is 0.818. The van der Waals surface area contributed by atoms with Crippen molar-refractivity contribution in [1.29, 1.82) is 0 Å². The second-order valence-electron chi connectivity index (χ2n) is 6.72. The van der Waals surface area contributed by atoms with E-state index in [1.807, 2.05) is 47.1 Å². The van der Waals surface area contributed by atoms with Crippen LogP contribution in [0.3, 0.4) is 0 Å². The molecule has 0 saturated carbocycles. The summed E-state index contributed by atoms with van der Waals surface area (Å²) in [5.41, 5.74) is 2.18. The second kappa shape index (κ2) is 8.64. The van der Waals surface area contributed by atoms with Crippen LogP contribution < -0.4 is 5.32 Å². The second-order valence-corrected chi connectivity index (χ2v) is 6.72. The standard InChI is InChI=1S/C20H24N4O3/c1-15-4-3-5-17(12-15)6-7-20(26)24-10-8-23(9-11-24)14-19(25)21-18-13-16(2)27-22-18/h3-7,12-13H,8-11,14H2,1-2H3,(H,21,22,25)/b7-6+. The van der Waals surface area contributed by atoms with E-state index in [0.717, 1.165) is 11.1 Å². The summed E-state index contributed by atoms with van der Waals surface area (Å²) in [6.45, 7) is 6.60. The summed E-state index contributed by atoms with van der Waals surface area (Å²) in [4.78, 5) is 28.2. The predicted octanol–water partition coefficient (Wildman–Crippen LogP) is 2.09. The molecule has 7 nitrogen and oxygen atoms in total. The van der Waals surface area contributed by atoms with Gasteiger partial charge in [-0.15, -0.1) is 0 Å². The van der Waals surface area contributed by atoms with Crippen molar-refractivity contribution in [3.8, 4) is 0 Å². The summed E-state index contributed by atoms with van der Waals surface area (Å²) in [5, 5.41) is 6.46. The molecular weight excluding hydrogens is 344 g/mol. The monoisotopic (exact) mass is 368 g/mol. The number of aryl methyl sites for hydroxylation is 2. The van der Waals surface area contributed by atoms with Crippen LogP contribution in [-0.2, 0) is 9.59 Å². The molecule has 2 amide bonds. The largest absolute Gasteiger partial charge is 0.360 e. The van der Waals surface area contributed by atoms with Gasteiger partial charge in [0.1, 0.15) is 5.76 Å². The number of nitrogens with zero attached hydrogens (tertiary/aromatic N) is 3. The number of amides is 2. The van der Waals surface area contributed by atoms with Crippen LogP contribution in [0.25, 0.3) is 6.08 Å². The summed E-state index contributed by atoms with van der Waals surface area (Å²) in [7, 11) is 0. The molecule has 2 aromatic rings. The van der Waals surface area contributed by atoms with Gasteiger partial charge in [0.2, 0.25) is 11.8 Å². The van der Waals surface area contributed by atoms with Crippen LogP contribution in [0.15, 0.2) is 40.9 Å². The molecule has 1 aliphatic heterocycles. The molecule has 1 aromatic heterocycles. The Balaban J connectivity index is 1.44. The summed E-state index contributed by atoms with van der Waals surface area (Å²) in [6, 6.07) is 9.69. The number of carbonyl (C=O) groups is 2. The molecule has 142 valence electrons. The third kappa shape index (κ3) is 5.52. The smallest absolute Gasteiger partial charge is 0.246 e. The topological polar surface area (TPSA) is 78.7 Å².